The molecule has 52 valence electrons. The Labute approximate surface area is 52.1 Å². The number of carbonyl (C=O) groups is 2. The van der Waals surface area contributed by atoms with Crippen LogP contribution in [-0.2, 0) is 9.59 Å². The fourth-order valence-electron chi connectivity index (χ4n) is 0.333. The number of rotatable bonds is 3. The highest BCUT2D eigenvalue weighted by molar-refractivity contribution is 5.74. The minimum absolute atomic E-state index is 0.484. The van der Waals surface area contributed by atoms with Crippen LogP contribution in [0.4, 0.5) is 0 Å². The number of aliphatic carboxylic acids is 2. The zero-order chi connectivity index (χ0) is 7.44. The molecule has 0 heterocycles. The molecule has 0 aromatic carbocycles. The van der Waals surface area contributed by atoms with Crippen molar-refractivity contribution in [1.82, 2.24) is 0 Å². The highest BCUT2D eigenvalue weighted by atomic mass is 16.4. The van der Waals surface area contributed by atoms with Crippen LogP contribution >= 0.6 is 0 Å². The van der Waals surface area contributed by atoms with Crippen molar-refractivity contribution >= 4 is 11.9 Å². The van der Waals surface area contributed by atoms with E-state index in [1.807, 2.05) is 0 Å². The van der Waals surface area contributed by atoms with Gasteiger partial charge in [-0.25, -0.2) is 0 Å². The third-order valence-corrected chi connectivity index (χ3v) is 0.875. The molecule has 0 amide bonds. The van der Waals surface area contributed by atoms with Gasteiger partial charge in [0.05, 0.1) is 0 Å². The summed E-state index contributed by atoms with van der Waals surface area (Å²) in [7, 11) is 0. The standard InChI is InChI=1S/C5H8O4/c1-3(5(8)9)2-4(6)7/h3H,2H2,1H3,(H,6,7)(H,8,9)/p-2. The lowest BCUT2D eigenvalue weighted by Crippen LogP contribution is -2.34. The van der Waals surface area contributed by atoms with Crippen LogP contribution in [0, 0.1) is 5.92 Å². The molecule has 0 aromatic rings. The summed E-state index contributed by atoms with van der Waals surface area (Å²) in [5.41, 5.74) is 0. The third-order valence-electron chi connectivity index (χ3n) is 0.875. The molecular weight excluding hydrogens is 124 g/mol. The van der Waals surface area contributed by atoms with E-state index < -0.39 is 24.3 Å². The van der Waals surface area contributed by atoms with Crippen molar-refractivity contribution in [3.05, 3.63) is 0 Å². The van der Waals surface area contributed by atoms with Gasteiger partial charge in [0.2, 0.25) is 0 Å². The lowest BCUT2D eigenvalue weighted by Gasteiger charge is -2.11. The second-order valence-electron chi connectivity index (χ2n) is 1.80. The molecule has 0 bridgehead atoms. The summed E-state index contributed by atoms with van der Waals surface area (Å²) in [6.07, 6.45) is -0.484. The number of carbonyl (C=O) groups excluding carboxylic acids is 2. The summed E-state index contributed by atoms with van der Waals surface area (Å²) >= 11 is 0. The predicted octanol–water partition coefficient (Wildman–Crippen LogP) is -2.49. The van der Waals surface area contributed by atoms with Gasteiger partial charge in [0.25, 0.3) is 0 Å². The van der Waals surface area contributed by atoms with Crippen LogP contribution in [-0.4, -0.2) is 11.9 Å². The number of carboxylic acid groups (broad SMARTS) is 2. The highest BCUT2D eigenvalue weighted by Gasteiger charge is 2.00. The first-order chi connectivity index (χ1) is 4.04. The normalized spacial score (nSPS) is 12.6. The van der Waals surface area contributed by atoms with Gasteiger partial charge in [-0.15, -0.1) is 0 Å². The van der Waals surface area contributed by atoms with E-state index in [2.05, 4.69) is 0 Å². The van der Waals surface area contributed by atoms with Gasteiger partial charge < -0.3 is 19.8 Å². The Morgan fingerprint density at radius 2 is 1.89 bits per heavy atom. The van der Waals surface area contributed by atoms with Crippen molar-refractivity contribution in [3.63, 3.8) is 0 Å². The monoisotopic (exact) mass is 130 g/mol. The van der Waals surface area contributed by atoms with E-state index in [4.69, 9.17) is 0 Å². The van der Waals surface area contributed by atoms with Gasteiger partial charge in [0.1, 0.15) is 0 Å². The number of carboxylic acids is 2. The predicted molar refractivity (Wildman–Crippen MR) is 23.8 cm³/mol. The van der Waals surface area contributed by atoms with Gasteiger partial charge in [-0.1, -0.05) is 6.92 Å². The van der Waals surface area contributed by atoms with Crippen molar-refractivity contribution in [3.8, 4) is 0 Å². The second-order valence-corrected chi connectivity index (χ2v) is 1.80. The van der Waals surface area contributed by atoms with Crippen molar-refractivity contribution in [2.75, 3.05) is 0 Å². The molecule has 0 spiro atoms. The van der Waals surface area contributed by atoms with Crippen LogP contribution in [0.2, 0.25) is 0 Å². The van der Waals surface area contributed by atoms with Crippen LogP contribution in [0.5, 0.6) is 0 Å². The number of hydrogen-bond donors (Lipinski definition) is 0. The molecule has 0 aliphatic carbocycles. The molecule has 0 aromatic heterocycles. The SMILES string of the molecule is CC(CC(=O)[O-])C(=O)[O-]. The first-order valence-corrected chi connectivity index (χ1v) is 2.44. The minimum Gasteiger partial charge on any atom is -0.550 e. The zero-order valence-electron chi connectivity index (χ0n) is 4.92. The molecule has 0 N–H and O–H groups in total. The van der Waals surface area contributed by atoms with Crippen LogP contribution in [0.3, 0.4) is 0 Å². The first-order valence-electron chi connectivity index (χ1n) is 2.44. The van der Waals surface area contributed by atoms with Crippen molar-refractivity contribution in [1.29, 1.82) is 0 Å². The maximum Gasteiger partial charge on any atom is 0.0446 e. The van der Waals surface area contributed by atoms with E-state index in [0.717, 1.165) is 0 Å². The van der Waals surface area contributed by atoms with Gasteiger partial charge in [-0.05, 0) is 6.42 Å². The van der Waals surface area contributed by atoms with Crippen molar-refractivity contribution in [2.45, 2.75) is 13.3 Å². The Morgan fingerprint density at radius 3 is 2.00 bits per heavy atom. The van der Waals surface area contributed by atoms with E-state index in [0.29, 0.717) is 0 Å². The molecule has 1 atom stereocenters. The molecule has 0 aliphatic rings. The quantitative estimate of drug-likeness (QED) is 0.423. The molecule has 4 nitrogen and oxygen atoms in total. The van der Waals surface area contributed by atoms with E-state index in [1.165, 1.54) is 6.92 Å². The summed E-state index contributed by atoms with van der Waals surface area (Å²) in [6, 6.07) is 0. The molecule has 1 unspecified atom stereocenters. The lowest BCUT2D eigenvalue weighted by atomic mass is 10.1. The van der Waals surface area contributed by atoms with Crippen LogP contribution in [0.15, 0.2) is 0 Å². The van der Waals surface area contributed by atoms with Gasteiger partial charge in [-0.3, -0.25) is 0 Å². The fraction of sp³-hybridized carbons (Fsp3) is 0.600. The molecule has 0 saturated carbocycles. The largest absolute Gasteiger partial charge is 0.550 e. The number of hydrogen-bond acceptors (Lipinski definition) is 4. The summed E-state index contributed by atoms with van der Waals surface area (Å²) in [5, 5.41) is 19.5. The molecule has 9 heavy (non-hydrogen) atoms. The van der Waals surface area contributed by atoms with E-state index in [-0.39, 0.29) is 0 Å². The van der Waals surface area contributed by atoms with E-state index >= 15 is 0 Å². The van der Waals surface area contributed by atoms with Gasteiger partial charge in [0.15, 0.2) is 0 Å². The zero-order valence-corrected chi connectivity index (χ0v) is 4.92. The van der Waals surface area contributed by atoms with Crippen LogP contribution in [0.1, 0.15) is 13.3 Å². The van der Waals surface area contributed by atoms with E-state index in [1.54, 1.807) is 0 Å². The molecule has 0 rings (SSSR count). The highest BCUT2D eigenvalue weighted by Crippen LogP contribution is 1.96. The molecule has 0 radical (unpaired) electrons. The Kier molecular flexibility index (Phi) is 2.70. The molecule has 4 heteroatoms. The smallest absolute Gasteiger partial charge is 0.0446 e. The van der Waals surface area contributed by atoms with Crippen LogP contribution < -0.4 is 10.2 Å². The van der Waals surface area contributed by atoms with Gasteiger partial charge in [-0.2, -0.15) is 0 Å². The molecule has 0 aliphatic heterocycles. The van der Waals surface area contributed by atoms with E-state index in [9.17, 15) is 19.8 Å². The van der Waals surface area contributed by atoms with Crippen LogP contribution in [0.25, 0.3) is 0 Å². The molecular formula is C5H6O4-2. The lowest BCUT2D eigenvalue weighted by molar-refractivity contribution is -0.320. The average Bonchev–Trinajstić information content (AvgIpc) is 1.63. The Hall–Kier alpha value is -1.06. The third kappa shape index (κ3) is 3.52. The second kappa shape index (κ2) is 3.06. The average molecular weight is 130 g/mol. The minimum atomic E-state index is -1.37. The summed E-state index contributed by atoms with van der Waals surface area (Å²) < 4.78 is 0. The molecule has 0 saturated heterocycles. The Bertz CT molecular complexity index is 129. The topological polar surface area (TPSA) is 80.3 Å². The van der Waals surface area contributed by atoms with Crippen molar-refractivity contribution < 1.29 is 19.8 Å². The van der Waals surface area contributed by atoms with Crippen molar-refractivity contribution in [2.24, 2.45) is 5.92 Å². The fourth-order valence-corrected chi connectivity index (χ4v) is 0.333. The summed E-state index contributed by atoms with van der Waals surface area (Å²) in [6.45, 7) is 1.26. The summed E-state index contributed by atoms with van der Waals surface area (Å²) in [5.74, 6) is -3.69. The van der Waals surface area contributed by atoms with Gasteiger partial charge >= 0.3 is 0 Å². The molecule has 0 fully saturated rings. The summed E-state index contributed by atoms with van der Waals surface area (Å²) in [4.78, 5) is 19.5. The van der Waals surface area contributed by atoms with Gasteiger partial charge in [0, 0.05) is 17.9 Å². The Balaban J connectivity index is 3.63. The maximum atomic E-state index is 9.83. The first kappa shape index (κ1) is 7.94. The maximum absolute atomic E-state index is 9.83. The Morgan fingerprint density at radius 1 is 1.44 bits per heavy atom.